The number of rotatable bonds is 3. The van der Waals surface area contributed by atoms with Crippen molar-refractivity contribution in [1.82, 2.24) is 10.6 Å². The van der Waals surface area contributed by atoms with E-state index in [0.29, 0.717) is 0 Å². The van der Waals surface area contributed by atoms with Gasteiger partial charge in [-0.1, -0.05) is 0 Å². The molecule has 1 aliphatic heterocycles. The fraction of sp³-hybridized carbons (Fsp3) is 0.273. The van der Waals surface area contributed by atoms with Crippen molar-refractivity contribution < 1.29 is 18.9 Å². The lowest BCUT2D eigenvalue weighted by Gasteiger charge is -2.23. The highest BCUT2D eigenvalue weighted by atomic mass is 19.1. The molecule has 1 aromatic rings. The van der Waals surface area contributed by atoms with Crippen molar-refractivity contribution in [1.29, 1.82) is 0 Å². The summed E-state index contributed by atoms with van der Waals surface area (Å²) in [7, 11) is 0. The average molecular weight is 282 g/mol. The van der Waals surface area contributed by atoms with Gasteiger partial charge in [-0.15, -0.1) is 0 Å². The molecular weight excluding hydrogens is 271 g/mol. The molecule has 1 atom stereocenters. The first-order valence-electron chi connectivity index (χ1n) is 5.72. The molecule has 0 aliphatic carbocycles. The summed E-state index contributed by atoms with van der Waals surface area (Å²) in [6.45, 7) is 0.0523. The number of carbonyl (C=O) groups excluding carboxylic acids is 2. The summed E-state index contributed by atoms with van der Waals surface area (Å²) in [6.07, 6.45) is 0. The molecule has 3 N–H and O–H groups in total. The zero-order valence-corrected chi connectivity index (χ0v) is 10.2. The Balaban J connectivity index is 2.09. The van der Waals surface area contributed by atoms with Crippen LogP contribution in [0.3, 0.4) is 0 Å². The number of hydrogen-bond acceptors (Lipinski definition) is 5. The van der Waals surface area contributed by atoms with E-state index < -0.39 is 22.7 Å². The van der Waals surface area contributed by atoms with Gasteiger partial charge in [0.25, 0.3) is 5.69 Å². The molecule has 2 rings (SSSR count). The van der Waals surface area contributed by atoms with E-state index in [9.17, 15) is 24.1 Å². The maximum atomic E-state index is 13.5. The third-order valence-corrected chi connectivity index (χ3v) is 2.75. The minimum Gasteiger partial charge on any atom is -0.353 e. The summed E-state index contributed by atoms with van der Waals surface area (Å²) in [5, 5.41) is 18.0. The van der Waals surface area contributed by atoms with Crippen LogP contribution in [0.5, 0.6) is 0 Å². The van der Waals surface area contributed by atoms with Crippen LogP contribution in [0.2, 0.25) is 0 Å². The topological polar surface area (TPSA) is 113 Å². The van der Waals surface area contributed by atoms with Gasteiger partial charge in [0.2, 0.25) is 11.8 Å². The first kappa shape index (κ1) is 13.9. The van der Waals surface area contributed by atoms with Crippen molar-refractivity contribution in [2.75, 3.05) is 18.4 Å². The van der Waals surface area contributed by atoms with Crippen LogP contribution in [-0.2, 0) is 9.59 Å². The van der Waals surface area contributed by atoms with Gasteiger partial charge in [0.15, 0.2) is 0 Å². The standard InChI is InChI=1S/C11H11FN4O4/c12-7-2-1-6(16(19)20)3-8(7)15-11(18)9-4-14-10(17)5-13-9/h1-3,9,13H,4-5H2,(H,14,17)(H,15,18). The van der Waals surface area contributed by atoms with Crippen LogP contribution in [0.25, 0.3) is 0 Å². The van der Waals surface area contributed by atoms with Gasteiger partial charge in [0, 0.05) is 18.7 Å². The Hall–Kier alpha value is -2.55. The maximum absolute atomic E-state index is 13.5. The normalized spacial score (nSPS) is 18.2. The summed E-state index contributed by atoms with van der Waals surface area (Å²) >= 11 is 0. The Morgan fingerprint density at radius 2 is 2.25 bits per heavy atom. The van der Waals surface area contributed by atoms with Crippen molar-refractivity contribution in [3.63, 3.8) is 0 Å². The zero-order chi connectivity index (χ0) is 14.7. The number of nitro benzene ring substituents is 1. The van der Waals surface area contributed by atoms with Gasteiger partial charge in [-0.25, -0.2) is 4.39 Å². The second kappa shape index (κ2) is 5.61. The Bertz CT molecular complexity index is 568. The second-order valence-corrected chi connectivity index (χ2v) is 4.15. The van der Waals surface area contributed by atoms with Crippen LogP contribution < -0.4 is 16.0 Å². The molecule has 1 heterocycles. The molecule has 0 saturated carbocycles. The number of carbonyl (C=O) groups is 2. The van der Waals surface area contributed by atoms with Gasteiger partial charge < -0.3 is 10.6 Å². The first-order valence-corrected chi connectivity index (χ1v) is 5.72. The molecule has 8 nitrogen and oxygen atoms in total. The fourth-order valence-electron chi connectivity index (χ4n) is 1.69. The summed E-state index contributed by atoms with van der Waals surface area (Å²) < 4.78 is 13.5. The van der Waals surface area contributed by atoms with Gasteiger partial charge in [-0.05, 0) is 6.07 Å². The largest absolute Gasteiger partial charge is 0.353 e. The van der Waals surface area contributed by atoms with Crippen LogP contribution in [0, 0.1) is 15.9 Å². The number of nitrogens with zero attached hydrogens (tertiary/aromatic N) is 1. The molecule has 2 amide bonds. The van der Waals surface area contributed by atoms with Crippen LogP contribution in [0.15, 0.2) is 18.2 Å². The highest BCUT2D eigenvalue weighted by Gasteiger charge is 2.24. The van der Waals surface area contributed by atoms with E-state index >= 15 is 0 Å². The lowest BCUT2D eigenvalue weighted by Crippen LogP contribution is -2.56. The molecule has 0 aromatic heterocycles. The zero-order valence-electron chi connectivity index (χ0n) is 10.2. The Morgan fingerprint density at radius 1 is 1.50 bits per heavy atom. The summed E-state index contributed by atoms with van der Waals surface area (Å²) in [6, 6.07) is 2.13. The van der Waals surface area contributed by atoms with E-state index in [0.717, 1.165) is 18.2 Å². The van der Waals surface area contributed by atoms with Gasteiger partial charge in [0.05, 0.1) is 17.2 Å². The predicted octanol–water partition coefficient (Wildman–Crippen LogP) is -0.240. The Kier molecular flexibility index (Phi) is 3.89. The fourth-order valence-corrected chi connectivity index (χ4v) is 1.69. The van der Waals surface area contributed by atoms with E-state index in [1.54, 1.807) is 0 Å². The summed E-state index contributed by atoms with van der Waals surface area (Å²) in [4.78, 5) is 32.7. The van der Waals surface area contributed by atoms with Crippen LogP contribution in [-0.4, -0.2) is 35.9 Å². The average Bonchev–Trinajstić information content (AvgIpc) is 2.41. The minimum absolute atomic E-state index is 0.0183. The van der Waals surface area contributed by atoms with Gasteiger partial charge in [-0.2, -0.15) is 0 Å². The molecule has 1 saturated heterocycles. The quantitative estimate of drug-likeness (QED) is 0.523. The van der Waals surface area contributed by atoms with Crippen molar-refractivity contribution >= 4 is 23.2 Å². The van der Waals surface area contributed by atoms with E-state index in [2.05, 4.69) is 16.0 Å². The monoisotopic (exact) mass is 282 g/mol. The molecule has 0 bridgehead atoms. The number of amides is 2. The number of nitro groups is 1. The molecule has 1 aliphatic rings. The lowest BCUT2D eigenvalue weighted by atomic mass is 10.2. The molecule has 1 fully saturated rings. The summed E-state index contributed by atoms with van der Waals surface area (Å²) in [5.74, 6) is -1.59. The third-order valence-electron chi connectivity index (χ3n) is 2.75. The highest BCUT2D eigenvalue weighted by molar-refractivity contribution is 5.96. The molecular formula is C11H11FN4O4. The smallest absolute Gasteiger partial charge is 0.271 e. The molecule has 0 radical (unpaired) electrons. The number of piperazine rings is 1. The minimum atomic E-state index is -0.774. The van der Waals surface area contributed by atoms with Crippen LogP contribution in [0.1, 0.15) is 0 Å². The maximum Gasteiger partial charge on any atom is 0.271 e. The number of nitrogens with one attached hydrogen (secondary N) is 3. The molecule has 20 heavy (non-hydrogen) atoms. The third kappa shape index (κ3) is 3.06. The number of anilines is 1. The SMILES string of the molecule is O=C1CNC(C(=O)Nc2cc([N+](=O)[O-])ccc2F)CN1. The van der Waals surface area contributed by atoms with Gasteiger partial charge >= 0.3 is 0 Å². The van der Waals surface area contributed by atoms with Crippen molar-refractivity contribution in [3.05, 3.63) is 34.1 Å². The lowest BCUT2D eigenvalue weighted by molar-refractivity contribution is -0.384. The predicted molar refractivity (Wildman–Crippen MR) is 66.5 cm³/mol. The number of halogens is 1. The highest BCUT2D eigenvalue weighted by Crippen LogP contribution is 2.21. The number of benzene rings is 1. The Morgan fingerprint density at radius 3 is 2.85 bits per heavy atom. The van der Waals surface area contributed by atoms with E-state index in [1.807, 2.05) is 0 Å². The van der Waals surface area contributed by atoms with Gasteiger partial charge in [-0.3, -0.25) is 25.0 Å². The molecule has 1 aromatic carbocycles. The molecule has 9 heteroatoms. The first-order chi connectivity index (χ1) is 9.47. The molecule has 1 unspecified atom stereocenters. The number of non-ortho nitro benzene ring substituents is 1. The van der Waals surface area contributed by atoms with Crippen LogP contribution >= 0.6 is 0 Å². The van der Waals surface area contributed by atoms with E-state index in [-0.39, 0.29) is 30.4 Å². The van der Waals surface area contributed by atoms with Crippen molar-refractivity contribution in [3.8, 4) is 0 Å². The molecule has 0 spiro atoms. The van der Waals surface area contributed by atoms with Crippen LogP contribution in [0.4, 0.5) is 15.8 Å². The Labute approximate surface area is 112 Å². The summed E-state index contributed by atoms with van der Waals surface area (Å²) in [5.41, 5.74) is -0.602. The van der Waals surface area contributed by atoms with Gasteiger partial charge in [0.1, 0.15) is 11.9 Å². The van der Waals surface area contributed by atoms with E-state index in [1.165, 1.54) is 0 Å². The second-order valence-electron chi connectivity index (χ2n) is 4.15. The number of hydrogen-bond donors (Lipinski definition) is 3. The van der Waals surface area contributed by atoms with Crippen molar-refractivity contribution in [2.45, 2.75) is 6.04 Å². The van der Waals surface area contributed by atoms with E-state index in [4.69, 9.17) is 0 Å². The van der Waals surface area contributed by atoms with Crippen molar-refractivity contribution in [2.24, 2.45) is 0 Å². The molecule has 106 valence electrons.